The lowest BCUT2D eigenvalue weighted by atomic mass is 10.1. The molecule has 0 aliphatic carbocycles. The van der Waals surface area contributed by atoms with Crippen LogP contribution in [0, 0.1) is 0 Å². The fourth-order valence-corrected chi connectivity index (χ4v) is 2.93. The number of amides is 2. The van der Waals surface area contributed by atoms with Gasteiger partial charge in [0.2, 0.25) is 0 Å². The highest BCUT2D eigenvalue weighted by atomic mass is 16.2. The number of carbonyl (C=O) groups excluding carboxylic acids is 2. The normalized spacial score (nSPS) is 30.6. The van der Waals surface area contributed by atoms with Crippen LogP contribution in [-0.2, 0) is 9.59 Å². The summed E-state index contributed by atoms with van der Waals surface area (Å²) in [5, 5.41) is 5.45. The molecule has 6 heteroatoms. The third kappa shape index (κ3) is 4.43. The molecule has 0 aromatic carbocycles. The van der Waals surface area contributed by atoms with E-state index in [1.807, 2.05) is 0 Å². The van der Waals surface area contributed by atoms with Gasteiger partial charge < -0.3 is 10.6 Å². The number of nitrogens with one attached hydrogen (secondary N) is 2. The third-order valence-corrected chi connectivity index (χ3v) is 4.36. The molecule has 4 atom stereocenters. The number of rotatable bonds is 4. The van der Waals surface area contributed by atoms with E-state index in [1.54, 1.807) is 0 Å². The zero-order valence-electron chi connectivity index (χ0n) is 14.7. The smallest absolute Gasteiger partial charge is 0.309 e. The van der Waals surface area contributed by atoms with E-state index in [1.165, 1.54) is 0 Å². The van der Waals surface area contributed by atoms with Gasteiger partial charge in [-0.3, -0.25) is 19.4 Å². The second-order valence-corrected chi connectivity index (χ2v) is 8.37. The van der Waals surface area contributed by atoms with Crippen LogP contribution in [0.1, 0.15) is 41.5 Å². The summed E-state index contributed by atoms with van der Waals surface area (Å²) < 4.78 is 0. The minimum atomic E-state index is -0.524. The first kappa shape index (κ1) is 17.2. The number of hydrogen-bond acceptors (Lipinski definition) is 4. The van der Waals surface area contributed by atoms with Gasteiger partial charge in [0.05, 0.1) is 0 Å². The standard InChI is InChI=1S/C16H30N4O2/c1-15(2,3)19-9-11(19)7-17-13(21)14(22)18-8-12-10-20(12)16(4,5)6/h11-12H,7-10H2,1-6H3,(H,17,21)(H,18,22)/t11-,12+,19?,20?. The van der Waals surface area contributed by atoms with Crippen molar-refractivity contribution in [3.8, 4) is 0 Å². The molecule has 2 saturated heterocycles. The van der Waals surface area contributed by atoms with Gasteiger partial charge in [-0.15, -0.1) is 0 Å². The summed E-state index contributed by atoms with van der Waals surface area (Å²) in [7, 11) is 0. The molecule has 0 spiro atoms. The van der Waals surface area contributed by atoms with E-state index in [2.05, 4.69) is 62.0 Å². The number of carbonyl (C=O) groups is 2. The van der Waals surface area contributed by atoms with Crippen LogP contribution in [0.25, 0.3) is 0 Å². The van der Waals surface area contributed by atoms with E-state index in [0.717, 1.165) is 13.1 Å². The summed E-state index contributed by atoms with van der Waals surface area (Å²) >= 11 is 0. The van der Waals surface area contributed by atoms with Crippen molar-refractivity contribution >= 4 is 11.8 Å². The third-order valence-electron chi connectivity index (χ3n) is 4.36. The van der Waals surface area contributed by atoms with Crippen molar-refractivity contribution in [1.82, 2.24) is 20.4 Å². The zero-order valence-corrected chi connectivity index (χ0v) is 14.7. The number of hydrogen-bond donors (Lipinski definition) is 2. The van der Waals surface area contributed by atoms with Gasteiger partial charge in [-0.2, -0.15) is 0 Å². The van der Waals surface area contributed by atoms with E-state index in [0.29, 0.717) is 25.2 Å². The maximum absolute atomic E-state index is 11.8. The summed E-state index contributed by atoms with van der Waals surface area (Å²) in [4.78, 5) is 28.2. The van der Waals surface area contributed by atoms with Crippen molar-refractivity contribution < 1.29 is 9.59 Å². The van der Waals surface area contributed by atoms with Crippen molar-refractivity contribution in [3.05, 3.63) is 0 Å². The highest BCUT2D eigenvalue weighted by Gasteiger charge is 2.43. The Hall–Kier alpha value is -1.14. The quantitative estimate of drug-likeness (QED) is 0.574. The van der Waals surface area contributed by atoms with Gasteiger partial charge in [0.15, 0.2) is 0 Å². The SMILES string of the molecule is CC(C)(C)N1C[C@H]1CNC(=O)C(=O)NC[C@H]1CN1C(C)(C)C. The predicted molar refractivity (Wildman–Crippen MR) is 86.5 cm³/mol. The second-order valence-electron chi connectivity index (χ2n) is 8.37. The summed E-state index contributed by atoms with van der Waals surface area (Å²) in [6.45, 7) is 16.0. The largest absolute Gasteiger partial charge is 0.346 e. The Labute approximate surface area is 133 Å². The molecule has 2 N–H and O–H groups in total. The van der Waals surface area contributed by atoms with E-state index >= 15 is 0 Å². The molecule has 22 heavy (non-hydrogen) atoms. The fourth-order valence-electron chi connectivity index (χ4n) is 2.93. The molecule has 2 rings (SSSR count). The van der Waals surface area contributed by atoms with Crippen molar-refractivity contribution in [3.63, 3.8) is 0 Å². The predicted octanol–water partition coefficient (Wildman–Crippen LogP) is 0.184. The lowest BCUT2D eigenvalue weighted by molar-refractivity contribution is -0.139. The Morgan fingerprint density at radius 3 is 1.36 bits per heavy atom. The zero-order chi connectivity index (χ0) is 16.7. The Morgan fingerprint density at radius 2 is 1.14 bits per heavy atom. The van der Waals surface area contributed by atoms with E-state index in [9.17, 15) is 9.59 Å². The minimum absolute atomic E-state index is 0.125. The molecule has 2 unspecified atom stereocenters. The Balaban J connectivity index is 1.62. The Kier molecular flexibility index (Phi) is 4.55. The molecule has 2 amide bonds. The maximum Gasteiger partial charge on any atom is 0.309 e. The highest BCUT2D eigenvalue weighted by molar-refractivity contribution is 6.35. The fraction of sp³-hybridized carbons (Fsp3) is 0.875. The van der Waals surface area contributed by atoms with Crippen LogP contribution in [0.2, 0.25) is 0 Å². The van der Waals surface area contributed by atoms with Crippen molar-refractivity contribution in [1.29, 1.82) is 0 Å². The summed E-state index contributed by atoms with van der Waals surface area (Å²) in [6, 6.07) is 0.716. The lowest BCUT2D eigenvalue weighted by Gasteiger charge is -2.21. The van der Waals surface area contributed by atoms with Gasteiger partial charge >= 0.3 is 11.8 Å². The van der Waals surface area contributed by atoms with Gasteiger partial charge in [-0.05, 0) is 41.5 Å². The molecule has 0 saturated carbocycles. The van der Waals surface area contributed by atoms with E-state index < -0.39 is 11.8 Å². The molecule has 6 nitrogen and oxygen atoms in total. The molecule has 0 radical (unpaired) electrons. The number of nitrogens with zero attached hydrogens (tertiary/aromatic N) is 2. The van der Waals surface area contributed by atoms with Crippen LogP contribution < -0.4 is 10.6 Å². The topological polar surface area (TPSA) is 64.2 Å². The first-order valence-electron chi connectivity index (χ1n) is 8.09. The summed E-state index contributed by atoms with van der Waals surface area (Å²) in [5.74, 6) is -1.05. The maximum atomic E-state index is 11.8. The average molecular weight is 310 g/mol. The van der Waals surface area contributed by atoms with E-state index in [-0.39, 0.29) is 11.1 Å². The van der Waals surface area contributed by atoms with Gasteiger partial charge in [0.25, 0.3) is 0 Å². The van der Waals surface area contributed by atoms with Crippen molar-refractivity contribution in [2.45, 2.75) is 64.7 Å². The van der Waals surface area contributed by atoms with Crippen LogP contribution in [-0.4, -0.2) is 71.0 Å². The monoisotopic (exact) mass is 310 g/mol. The van der Waals surface area contributed by atoms with Gasteiger partial charge in [-0.25, -0.2) is 0 Å². The lowest BCUT2D eigenvalue weighted by Crippen LogP contribution is -2.44. The second kappa shape index (κ2) is 5.81. The first-order valence-corrected chi connectivity index (χ1v) is 8.09. The van der Waals surface area contributed by atoms with Gasteiger partial charge in [-0.1, -0.05) is 0 Å². The minimum Gasteiger partial charge on any atom is -0.346 e. The molecule has 0 aromatic rings. The van der Waals surface area contributed by atoms with Crippen molar-refractivity contribution in [2.75, 3.05) is 26.2 Å². The first-order chi connectivity index (χ1) is 10.00. The van der Waals surface area contributed by atoms with Crippen LogP contribution in [0.15, 0.2) is 0 Å². The highest BCUT2D eigenvalue weighted by Crippen LogP contribution is 2.28. The van der Waals surface area contributed by atoms with Gasteiger partial charge in [0.1, 0.15) is 0 Å². The molecule has 0 bridgehead atoms. The average Bonchev–Trinajstić information content (AvgIpc) is 3.22. The van der Waals surface area contributed by atoms with Crippen LogP contribution in [0.3, 0.4) is 0 Å². The molecule has 126 valence electrons. The van der Waals surface area contributed by atoms with Crippen molar-refractivity contribution in [2.24, 2.45) is 0 Å². The van der Waals surface area contributed by atoms with Crippen LogP contribution in [0.4, 0.5) is 0 Å². The van der Waals surface area contributed by atoms with Gasteiger partial charge in [0, 0.05) is 49.3 Å². The Morgan fingerprint density at radius 1 is 0.818 bits per heavy atom. The summed E-state index contributed by atoms with van der Waals surface area (Å²) in [6.07, 6.45) is 0. The molecular weight excluding hydrogens is 280 g/mol. The molecule has 2 aliphatic rings. The van der Waals surface area contributed by atoms with Crippen LogP contribution >= 0.6 is 0 Å². The molecule has 2 fully saturated rings. The van der Waals surface area contributed by atoms with Crippen LogP contribution in [0.5, 0.6) is 0 Å². The molecule has 2 heterocycles. The molecular formula is C16H30N4O2. The molecule has 0 aromatic heterocycles. The summed E-state index contributed by atoms with van der Waals surface area (Å²) in [5.41, 5.74) is 0.250. The Bertz CT molecular complexity index is 408. The molecule has 2 aliphatic heterocycles. The van der Waals surface area contributed by atoms with E-state index in [4.69, 9.17) is 0 Å².